The maximum Gasteiger partial charge on any atom is 0.404 e. The molecule has 0 atom stereocenters. The van der Waals surface area contributed by atoms with Gasteiger partial charge in [-0.25, -0.2) is 9.59 Å². The molecule has 0 radical (unpaired) electrons. The van der Waals surface area contributed by atoms with Gasteiger partial charge in [-0.2, -0.15) is 0 Å². The fourth-order valence-corrected chi connectivity index (χ4v) is 1.58. The normalized spacial score (nSPS) is 9.06. The zero-order valence-corrected chi connectivity index (χ0v) is 10.7. The van der Waals surface area contributed by atoms with Crippen LogP contribution < -0.4 is 11.5 Å². The highest BCUT2D eigenvalue weighted by Gasteiger charge is 2.05. The number of ether oxygens (including phenoxy) is 1. The van der Waals surface area contributed by atoms with Crippen molar-refractivity contribution in [3.05, 3.63) is 34.4 Å². The predicted octanol–water partition coefficient (Wildman–Crippen LogP) is 1.83. The molecule has 0 aliphatic carbocycles. The molecule has 0 heterocycles. The molecule has 1 aromatic rings. The number of rotatable bonds is 2. The first-order valence-electron chi connectivity index (χ1n) is 5.21. The molecule has 0 saturated carbocycles. The maximum absolute atomic E-state index is 10.5. The lowest BCUT2D eigenvalue weighted by Crippen LogP contribution is -2.13. The van der Waals surface area contributed by atoms with Gasteiger partial charge in [0.2, 0.25) is 0 Å². The van der Waals surface area contributed by atoms with Crippen molar-refractivity contribution in [3.63, 3.8) is 0 Å². The van der Waals surface area contributed by atoms with E-state index in [2.05, 4.69) is 17.9 Å². The molecule has 0 fully saturated rings. The lowest BCUT2D eigenvalue weighted by Gasteiger charge is -2.10. The third kappa shape index (κ3) is 6.37. The summed E-state index contributed by atoms with van der Waals surface area (Å²) in [5, 5.41) is 7.19. The van der Waals surface area contributed by atoms with Crippen LogP contribution in [0.25, 0.3) is 0 Å². The molecule has 0 saturated heterocycles. The summed E-state index contributed by atoms with van der Waals surface area (Å²) in [5.74, 6) is 0. The van der Waals surface area contributed by atoms with E-state index in [0.717, 1.165) is 16.7 Å². The van der Waals surface area contributed by atoms with E-state index in [1.807, 2.05) is 20.8 Å². The number of hydrogen-bond acceptors (Lipinski definition) is 3. The van der Waals surface area contributed by atoms with Crippen molar-refractivity contribution in [2.45, 2.75) is 27.4 Å². The Balaban J connectivity index is 0.000000631. The highest BCUT2D eigenvalue weighted by molar-refractivity contribution is 5.64. The lowest BCUT2D eigenvalue weighted by atomic mass is 10.0. The van der Waals surface area contributed by atoms with E-state index in [4.69, 9.17) is 20.4 Å². The van der Waals surface area contributed by atoms with Gasteiger partial charge in [-0.3, -0.25) is 0 Å². The SMILES string of the molecule is Cc1cc(C)c(COC(N)=O)c(C)c1.NC(=O)O. The summed E-state index contributed by atoms with van der Waals surface area (Å²) in [7, 11) is 0. The predicted molar refractivity (Wildman–Crippen MR) is 67.2 cm³/mol. The number of primary amides is 2. The van der Waals surface area contributed by atoms with E-state index in [0.29, 0.717) is 0 Å². The van der Waals surface area contributed by atoms with Gasteiger partial charge in [-0.1, -0.05) is 17.7 Å². The molecular formula is C12H18N2O4. The van der Waals surface area contributed by atoms with Crippen LogP contribution in [-0.4, -0.2) is 17.3 Å². The summed E-state index contributed by atoms with van der Waals surface area (Å²) in [6, 6.07) is 4.12. The number of benzene rings is 1. The number of carbonyl (C=O) groups is 2. The van der Waals surface area contributed by atoms with Gasteiger partial charge in [0.15, 0.2) is 0 Å². The van der Waals surface area contributed by atoms with Gasteiger partial charge < -0.3 is 21.3 Å². The van der Waals surface area contributed by atoms with Crippen molar-refractivity contribution < 1.29 is 19.4 Å². The molecule has 5 N–H and O–H groups in total. The summed E-state index contributed by atoms with van der Waals surface area (Å²) >= 11 is 0. The number of carboxylic acid groups (broad SMARTS) is 1. The highest BCUT2D eigenvalue weighted by Crippen LogP contribution is 2.17. The Bertz CT molecular complexity index is 417. The topological polar surface area (TPSA) is 116 Å². The van der Waals surface area contributed by atoms with E-state index in [-0.39, 0.29) is 6.61 Å². The molecule has 18 heavy (non-hydrogen) atoms. The first-order valence-corrected chi connectivity index (χ1v) is 5.21. The molecule has 0 spiro atoms. The first-order chi connectivity index (χ1) is 8.23. The molecule has 1 aromatic carbocycles. The smallest absolute Gasteiger partial charge is 0.404 e. The molecule has 100 valence electrons. The Hall–Kier alpha value is -2.24. The number of nitrogens with two attached hydrogens (primary N) is 2. The number of hydrogen-bond donors (Lipinski definition) is 3. The van der Waals surface area contributed by atoms with Gasteiger partial charge in [0.1, 0.15) is 6.61 Å². The van der Waals surface area contributed by atoms with E-state index in [9.17, 15) is 4.79 Å². The quantitative estimate of drug-likeness (QED) is 0.746. The fraction of sp³-hybridized carbons (Fsp3) is 0.333. The zero-order chi connectivity index (χ0) is 14.3. The lowest BCUT2D eigenvalue weighted by molar-refractivity contribution is 0.150. The average Bonchev–Trinajstić information content (AvgIpc) is 2.13. The van der Waals surface area contributed by atoms with Gasteiger partial charge >= 0.3 is 12.2 Å². The Morgan fingerprint density at radius 1 is 1.17 bits per heavy atom. The van der Waals surface area contributed by atoms with Crippen LogP contribution in [0.3, 0.4) is 0 Å². The minimum Gasteiger partial charge on any atom is -0.465 e. The average molecular weight is 254 g/mol. The molecule has 0 bridgehead atoms. The second kappa shape index (κ2) is 7.16. The summed E-state index contributed by atoms with van der Waals surface area (Å²) in [5.41, 5.74) is 13.4. The van der Waals surface area contributed by atoms with Gasteiger partial charge in [-0.15, -0.1) is 0 Å². The highest BCUT2D eigenvalue weighted by atomic mass is 16.5. The second-order valence-corrected chi connectivity index (χ2v) is 3.82. The van der Waals surface area contributed by atoms with Gasteiger partial charge in [0.25, 0.3) is 0 Å². The van der Waals surface area contributed by atoms with E-state index < -0.39 is 12.2 Å². The number of aryl methyl sites for hydroxylation is 3. The Morgan fingerprint density at radius 2 is 1.56 bits per heavy atom. The van der Waals surface area contributed by atoms with Crippen molar-refractivity contribution >= 4 is 12.2 Å². The standard InChI is InChI=1S/C11H15NO2.CH3NO2/c1-7-4-8(2)10(9(3)5-7)6-14-11(12)13;2-1(3)4/h4-5H,6H2,1-3H3,(H2,12,13);2H2,(H,3,4). The monoisotopic (exact) mass is 254 g/mol. The molecule has 6 nitrogen and oxygen atoms in total. The van der Waals surface area contributed by atoms with Crippen molar-refractivity contribution in [2.24, 2.45) is 11.5 Å². The Labute approximate surface area is 106 Å². The molecule has 0 aliphatic rings. The minimum atomic E-state index is -1.33. The van der Waals surface area contributed by atoms with Gasteiger partial charge in [-0.05, 0) is 37.5 Å². The zero-order valence-electron chi connectivity index (χ0n) is 10.7. The van der Waals surface area contributed by atoms with Crippen LogP contribution in [0.15, 0.2) is 12.1 Å². The van der Waals surface area contributed by atoms with Crippen LogP contribution in [-0.2, 0) is 11.3 Å². The minimum absolute atomic E-state index is 0.257. The molecule has 0 unspecified atom stereocenters. The molecule has 1 rings (SSSR count). The summed E-state index contributed by atoms with van der Waals surface area (Å²) in [4.78, 5) is 19.2. The number of amides is 2. The van der Waals surface area contributed by atoms with Crippen molar-refractivity contribution in [3.8, 4) is 0 Å². The van der Waals surface area contributed by atoms with E-state index >= 15 is 0 Å². The molecule has 0 aromatic heterocycles. The van der Waals surface area contributed by atoms with Gasteiger partial charge in [0.05, 0.1) is 0 Å². The van der Waals surface area contributed by atoms with Crippen molar-refractivity contribution in [1.82, 2.24) is 0 Å². The van der Waals surface area contributed by atoms with Crippen LogP contribution >= 0.6 is 0 Å². The van der Waals surface area contributed by atoms with Crippen LogP contribution in [0.2, 0.25) is 0 Å². The van der Waals surface area contributed by atoms with Crippen LogP contribution in [0.4, 0.5) is 9.59 Å². The van der Waals surface area contributed by atoms with Gasteiger partial charge in [0, 0.05) is 0 Å². The number of carbonyl (C=O) groups excluding carboxylic acids is 1. The molecule has 0 aliphatic heterocycles. The van der Waals surface area contributed by atoms with Crippen LogP contribution in [0.5, 0.6) is 0 Å². The third-order valence-electron chi connectivity index (χ3n) is 2.20. The second-order valence-electron chi connectivity index (χ2n) is 3.82. The third-order valence-corrected chi connectivity index (χ3v) is 2.20. The first kappa shape index (κ1) is 15.8. The summed E-state index contributed by atoms with van der Waals surface area (Å²) < 4.78 is 4.77. The fourth-order valence-electron chi connectivity index (χ4n) is 1.58. The summed E-state index contributed by atoms with van der Waals surface area (Å²) in [6.07, 6.45) is -2.07. The largest absolute Gasteiger partial charge is 0.465 e. The van der Waals surface area contributed by atoms with E-state index in [1.165, 1.54) is 5.56 Å². The Morgan fingerprint density at radius 3 is 1.89 bits per heavy atom. The molecule has 6 heteroatoms. The van der Waals surface area contributed by atoms with E-state index in [1.54, 1.807) is 0 Å². The molecular weight excluding hydrogens is 236 g/mol. The molecule has 2 amide bonds. The Kier molecular flexibility index (Phi) is 6.27. The van der Waals surface area contributed by atoms with Crippen molar-refractivity contribution in [1.29, 1.82) is 0 Å². The van der Waals surface area contributed by atoms with Crippen LogP contribution in [0, 0.1) is 20.8 Å². The maximum atomic E-state index is 10.5. The van der Waals surface area contributed by atoms with Crippen LogP contribution in [0.1, 0.15) is 22.3 Å². The van der Waals surface area contributed by atoms with Crippen molar-refractivity contribution in [2.75, 3.05) is 0 Å². The summed E-state index contributed by atoms with van der Waals surface area (Å²) in [6.45, 7) is 6.30.